The summed E-state index contributed by atoms with van der Waals surface area (Å²) in [5.41, 5.74) is 7.83. The maximum Gasteiger partial charge on any atom is 0.150 e. The SMILES string of the molecule is O=Cc1ccc(C2(c3ccc(C=O)cc3)c3ccccc3-c3ccccc32)cc1. The van der Waals surface area contributed by atoms with Gasteiger partial charge in [-0.25, -0.2) is 0 Å². The number of fused-ring (bicyclic) bond motifs is 3. The maximum atomic E-state index is 11.2. The van der Waals surface area contributed by atoms with Gasteiger partial charge in [0.05, 0.1) is 5.41 Å². The first kappa shape index (κ1) is 17.3. The summed E-state index contributed by atoms with van der Waals surface area (Å²) in [7, 11) is 0. The van der Waals surface area contributed by atoms with Crippen molar-refractivity contribution >= 4 is 12.6 Å². The van der Waals surface area contributed by atoms with E-state index in [1.165, 1.54) is 22.3 Å². The van der Waals surface area contributed by atoms with Gasteiger partial charge in [0, 0.05) is 11.1 Å². The van der Waals surface area contributed by atoms with Crippen LogP contribution in [0, 0.1) is 0 Å². The fraction of sp³-hybridized carbons (Fsp3) is 0.0370. The number of hydrogen-bond donors (Lipinski definition) is 0. The van der Waals surface area contributed by atoms with Crippen molar-refractivity contribution in [1.82, 2.24) is 0 Å². The average Bonchev–Trinajstić information content (AvgIpc) is 3.11. The molecule has 0 bridgehead atoms. The van der Waals surface area contributed by atoms with Gasteiger partial charge >= 0.3 is 0 Å². The first-order chi connectivity index (χ1) is 14.3. The molecule has 0 spiro atoms. The molecule has 1 aliphatic rings. The summed E-state index contributed by atoms with van der Waals surface area (Å²) in [5.74, 6) is 0. The second-order valence-corrected chi connectivity index (χ2v) is 7.32. The molecule has 0 unspecified atom stereocenters. The van der Waals surface area contributed by atoms with Crippen LogP contribution in [0.1, 0.15) is 43.0 Å². The van der Waals surface area contributed by atoms with Gasteiger partial charge in [-0.15, -0.1) is 0 Å². The Bertz CT molecular complexity index is 1120. The molecule has 2 nitrogen and oxygen atoms in total. The highest BCUT2D eigenvalue weighted by Gasteiger charge is 2.45. The van der Waals surface area contributed by atoms with Gasteiger partial charge < -0.3 is 0 Å². The highest BCUT2D eigenvalue weighted by Crippen LogP contribution is 2.55. The molecule has 0 heterocycles. The van der Waals surface area contributed by atoms with Crippen LogP contribution in [0.2, 0.25) is 0 Å². The van der Waals surface area contributed by atoms with Crippen LogP contribution < -0.4 is 0 Å². The third-order valence-corrected chi connectivity index (χ3v) is 5.91. The van der Waals surface area contributed by atoms with Crippen LogP contribution in [-0.2, 0) is 5.41 Å². The molecule has 4 aromatic carbocycles. The van der Waals surface area contributed by atoms with Gasteiger partial charge in [0.2, 0.25) is 0 Å². The average molecular weight is 374 g/mol. The molecule has 29 heavy (non-hydrogen) atoms. The minimum Gasteiger partial charge on any atom is -0.298 e. The summed E-state index contributed by atoms with van der Waals surface area (Å²) in [6.07, 6.45) is 1.73. The quantitative estimate of drug-likeness (QED) is 0.380. The molecule has 5 rings (SSSR count). The van der Waals surface area contributed by atoms with Gasteiger partial charge in [0.15, 0.2) is 0 Å². The van der Waals surface area contributed by atoms with E-state index in [0.29, 0.717) is 11.1 Å². The smallest absolute Gasteiger partial charge is 0.150 e. The van der Waals surface area contributed by atoms with Crippen molar-refractivity contribution in [1.29, 1.82) is 0 Å². The Kier molecular flexibility index (Phi) is 3.99. The zero-order chi connectivity index (χ0) is 19.8. The van der Waals surface area contributed by atoms with Crippen LogP contribution in [0.15, 0.2) is 97.1 Å². The summed E-state index contributed by atoms with van der Waals surface area (Å²) in [6.45, 7) is 0. The summed E-state index contributed by atoms with van der Waals surface area (Å²) in [4.78, 5) is 22.4. The van der Waals surface area contributed by atoms with E-state index >= 15 is 0 Å². The molecule has 0 radical (unpaired) electrons. The summed E-state index contributed by atoms with van der Waals surface area (Å²) < 4.78 is 0. The molecule has 0 fully saturated rings. The normalized spacial score (nSPS) is 13.4. The van der Waals surface area contributed by atoms with Crippen molar-refractivity contribution in [3.05, 3.63) is 130 Å². The number of hydrogen-bond acceptors (Lipinski definition) is 2. The van der Waals surface area contributed by atoms with Gasteiger partial charge in [-0.2, -0.15) is 0 Å². The van der Waals surface area contributed by atoms with E-state index in [9.17, 15) is 9.59 Å². The van der Waals surface area contributed by atoms with Gasteiger partial charge in [-0.3, -0.25) is 9.59 Å². The topological polar surface area (TPSA) is 34.1 Å². The number of rotatable bonds is 4. The van der Waals surface area contributed by atoms with E-state index in [-0.39, 0.29) is 0 Å². The molecule has 0 amide bonds. The molecule has 138 valence electrons. The monoisotopic (exact) mass is 374 g/mol. The minimum atomic E-state index is -0.504. The van der Waals surface area contributed by atoms with Crippen molar-refractivity contribution in [3.63, 3.8) is 0 Å². The molecule has 0 atom stereocenters. The Hall–Kier alpha value is -3.78. The van der Waals surface area contributed by atoms with Crippen LogP contribution >= 0.6 is 0 Å². The third kappa shape index (κ3) is 2.43. The van der Waals surface area contributed by atoms with E-state index < -0.39 is 5.41 Å². The number of carbonyl (C=O) groups excluding carboxylic acids is 2. The van der Waals surface area contributed by atoms with Crippen LogP contribution in [-0.4, -0.2) is 12.6 Å². The second-order valence-electron chi connectivity index (χ2n) is 7.32. The zero-order valence-electron chi connectivity index (χ0n) is 15.7. The van der Waals surface area contributed by atoms with E-state index in [1.54, 1.807) is 0 Å². The van der Waals surface area contributed by atoms with Crippen molar-refractivity contribution in [2.45, 2.75) is 5.41 Å². The number of carbonyl (C=O) groups is 2. The highest BCUT2D eigenvalue weighted by atomic mass is 16.1. The lowest BCUT2D eigenvalue weighted by Crippen LogP contribution is -2.28. The molecule has 0 saturated heterocycles. The Balaban J connectivity index is 1.90. The van der Waals surface area contributed by atoms with Crippen LogP contribution in [0.25, 0.3) is 11.1 Å². The van der Waals surface area contributed by atoms with Gasteiger partial charge in [0.25, 0.3) is 0 Å². The van der Waals surface area contributed by atoms with Crippen LogP contribution in [0.3, 0.4) is 0 Å². The predicted molar refractivity (Wildman–Crippen MR) is 115 cm³/mol. The Morgan fingerprint density at radius 2 is 0.862 bits per heavy atom. The van der Waals surface area contributed by atoms with E-state index in [2.05, 4.69) is 48.5 Å². The van der Waals surface area contributed by atoms with E-state index in [4.69, 9.17) is 0 Å². The molecule has 1 aliphatic carbocycles. The van der Waals surface area contributed by atoms with Crippen molar-refractivity contribution in [2.75, 3.05) is 0 Å². The molecule has 0 aliphatic heterocycles. The molecule has 0 N–H and O–H groups in total. The number of aldehydes is 2. The maximum absolute atomic E-state index is 11.2. The van der Waals surface area contributed by atoms with Crippen LogP contribution in [0.4, 0.5) is 0 Å². The van der Waals surface area contributed by atoms with Crippen molar-refractivity contribution in [2.24, 2.45) is 0 Å². The minimum absolute atomic E-state index is 0.504. The Labute approximate surface area is 169 Å². The second kappa shape index (κ2) is 6.68. The summed E-state index contributed by atoms with van der Waals surface area (Å²) in [5, 5.41) is 0. The lowest BCUT2D eigenvalue weighted by molar-refractivity contribution is 0.111. The van der Waals surface area contributed by atoms with E-state index in [1.807, 2.05) is 48.5 Å². The first-order valence-electron chi connectivity index (χ1n) is 9.60. The predicted octanol–water partition coefficient (Wildman–Crippen LogP) is 5.67. The molecule has 0 aromatic heterocycles. The molecule has 4 aromatic rings. The third-order valence-electron chi connectivity index (χ3n) is 5.91. The molecular formula is C27H18O2. The largest absolute Gasteiger partial charge is 0.298 e. The number of benzene rings is 4. The van der Waals surface area contributed by atoms with Crippen LogP contribution in [0.5, 0.6) is 0 Å². The van der Waals surface area contributed by atoms with E-state index in [0.717, 1.165) is 23.7 Å². The fourth-order valence-corrected chi connectivity index (χ4v) is 4.65. The summed E-state index contributed by atoms with van der Waals surface area (Å²) >= 11 is 0. The van der Waals surface area contributed by atoms with Crippen molar-refractivity contribution < 1.29 is 9.59 Å². The van der Waals surface area contributed by atoms with Crippen molar-refractivity contribution in [3.8, 4) is 11.1 Å². The van der Waals surface area contributed by atoms with Gasteiger partial charge in [-0.1, -0.05) is 97.1 Å². The Morgan fingerprint density at radius 1 is 0.483 bits per heavy atom. The lowest BCUT2D eigenvalue weighted by Gasteiger charge is -2.34. The molecule has 0 saturated carbocycles. The Morgan fingerprint density at radius 3 is 1.24 bits per heavy atom. The molecule has 2 heteroatoms. The first-order valence-corrected chi connectivity index (χ1v) is 9.60. The van der Waals surface area contributed by atoms with Gasteiger partial charge in [0.1, 0.15) is 12.6 Å². The highest BCUT2D eigenvalue weighted by molar-refractivity contribution is 5.87. The zero-order valence-corrected chi connectivity index (χ0v) is 15.7. The summed E-state index contributed by atoms with van der Waals surface area (Å²) in [6, 6.07) is 32.6. The lowest BCUT2D eigenvalue weighted by atomic mass is 9.67. The standard InChI is InChI=1S/C27H18O2/c28-17-19-9-13-21(14-10-19)27(22-15-11-20(18-29)12-16-22)25-7-3-1-5-23(25)24-6-2-4-8-26(24)27/h1-18H. The van der Waals surface area contributed by atoms with Gasteiger partial charge in [-0.05, 0) is 33.4 Å². The fourth-order valence-electron chi connectivity index (χ4n) is 4.65. The molecular weight excluding hydrogens is 356 g/mol.